The summed E-state index contributed by atoms with van der Waals surface area (Å²) in [5.74, 6) is 0.987. The number of hydrogen-bond donors (Lipinski definition) is 0. The third-order valence-corrected chi connectivity index (χ3v) is 3.59. The Hall–Kier alpha value is -1.06. The molecule has 1 heterocycles. The first-order valence-corrected chi connectivity index (χ1v) is 6.45. The highest BCUT2D eigenvalue weighted by Gasteiger charge is 2.25. The van der Waals surface area contributed by atoms with Gasteiger partial charge in [0.2, 0.25) is 5.91 Å². The molecule has 98 valence electrons. The molecule has 1 aliphatic rings. The Balaban J connectivity index is 2.28. The van der Waals surface area contributed by atoms with E-state index in [1.807, 2.05) is 4.90 Å². The zero-order valence-corrected chi connectivity index (χ0v) is 11.1. The topological polar surface area (TPSA) is 46.6 Å². The molecule has 0 aromatic carbocycles. The summed E-state index contributed by atoms with van der Waals surface area (Å²) < 4.78 is 5.16. The van der Waals surface area contributed by atoms with Gasteiger partial charge in [-0.05, 0) is 24.7 Å². The zero-order valence-electron chi connectivity index (χ0n) is 11.1. The maximum absolute atomic E-state index is 11.2. The summed E-state index contributed by atoms with van der Waals surface area (Å²) in [5, 5.41) is 0. The van der Waals surface area contributed by atoms with Gasteiger partial charge in [-0.15, -0.1) is 0 Å². The molecular formula is C13H23NO3. The number of esters is 1. The van der Waals surface area contributed by atoms with E-state index in [1.165, 1.54) is 0 Å². The van der Waals surface area contributed by atoms with Gasteiger partial charge in [-0.2, -0.15) is 0 Å². The zero-order chi connectivity index (χ0) is 12.8. The summed E-state index contributed by atoms with van der Waals surface area (Å²) in [6.45, 7) is 7.73. The molecule has 0 spiro atoms. The Morgan fingerprint density at radius 2 is 1.94 bits per heavy atom. The molecule has 0 aromatic rings. The SMILES string of the molecule is CCC(=O)OCC(C)C1CCN(C(C)=O)CC1. The minimum Gasteiger partial charge on any atom is -0.465 e. The lowest BCUT2D eigenvalue weighted by Gasteiger charge is -2.34. The van der Waals surface area contributed by atoms with Crippen molar-refractivity contribution in [2.75, 3.05) is 19.7 Å². The number of likely N-dealkylation sites (tertiary alicyclic amines) is 1. The van der Waals surface area contributed by atoms with Crippen LogP contribution in [0.3, 0.4) is 0 Å². The molecule has 0 bridgehead atoms. The highest BCUT2D eigenvalue weighted by molar-refractivity contribution is 5.73. The van der Waals surface area contributed by atoms with Crippen molar-refractivity contribution in [3.8, 4) is 0 Å². The molecule has 1 saturated heterocycles. The van der Waals surface area contributed by atoms with Crippen LogP contribution in [-0.4, -0.2) is 36.5 Å². The number of amides is 1. The number of carbonyl (C=O) groups is 2. The molecule has 4 nitrogen and oxygen atoms in total. The highest BCUT2D eigenvalue weighted by Crippen LogP contribution is 2.25. The Bertz CT molecular complexity index is 270. The third kappa shape index (κ3) is 4.36. The van der Waals surface area contributed by atoms with E-state index in [-0.39, 0.29) is 11.9 Å². The average molecular weight is 241 g/mol. The first-order valence-electron chi connectivity index (χ1n) is 6.45. The van der Waals surface area contributed by atoms with Crippen molar-refractivity contribution in [2.24, 2.45) is 11.8 Å². The van der Waals surface area contributed by atoms with Crippen molar-refractivity contribution in [3.05, 3.63) is 0 Å². The van der Waals surface area contributed by atoms with Crippen molar-refractivity contribution < 1.29 is 14.3 Å². The third-order valence-electron chi connectivity index (χ3n) is 3.59. The normalized spacial score (nSPS) is 18.9. The Kier molecular flexibility index (Phi) is 5.45. The van der Waals surface area contributed by atoms with Gasteiger partial charge in [0, 0.05) is 26.4 Å². The number of piperidine rings is 1. The molecule has 17 heavy (non-hydrogen) atoms. The maximum atomic E-state index is 11.2. The summed E-state index contributed by atoms with van der Waals surface area (Å²) in [6.07, 6.45) is 2.48. The van der Waals surface area contributed by atoms with E-state index in [9.17, 15) is 9.59 Å². The smallest absolute Gasteiger partial charge is 0.305 e. The number of ether oxygens (including phenoxy) is 1. The van der Waals surface area contributed by atoms with Crippen LogP contribution in [0.4, 0.5) is 0 Å². The lowest BCUT2D eigenvalue weighted by molar-refractivity contribution is -0.145. The fourth-order valence-electron chi connectivity index (χ4n) is 2.25. The van der Waals surface area contributed by atoms with Crippen molar-refractivity contribution in [3.63, 3.8) is 0 Å². The molecule has 0 radical (unpaired) electrons. The van der Waals surface area contributed by atoms with Crippen LogP contribution in [0.15, 0.2) is 0 Å². The van der Waals surface area contributed by atoms with Crippen LogP contribution in [-0.2, 0) is 14.3 Å². The molecule has 0 N–H and O–H groups in total. The van der Waals surface area contributed by atoms with Crippen LogP contribution in [0.2, 0.25) is 0 Å². The van der Waals surface area contributed by atoms with E-state index in [2.05, 4.69) is 6.92 Å². The molecule has 1 rings (SSSR count). The summed E-state index contributed by atoms with van der Waals surface area (Å²) in [4.78, 5) is 24.1. The van der Waals surface area contributed by atoms with Crippen molar-refractivity contribution >= 4 is 11.9 Å². The molecule has 0 aromatic heterocycles. The molecule has 1 amide bonds. The van der Waals surface area contributed by atoms with Crippen LogP contribution < -0.4 is 0 Å². The predicted octanol–water partition coefficient (Wildman–Crippen LogP) is 1.83. The maximum Gasteiger partial charge on any atom is 0.305 e. The number of nitrogens with zero attached hydrogens (tertiary/aromatic N) is 1. The van der Waals surface area contributed by atoms with Gasteiger partial charge >= 0.3 is 5.97 Å². The second-order valence-electron chi connectivity index (χ2n) is 4.86. The first kappa shape index (κ1) is 14.0. The molecule has 0 saturated carbocycles. The molecule has 0 aliphatic carbocycles. The van der Waals surface area contributed by atoms with Crippen molar-refractivity contribution in [2.45, 2.75) is 40.0 Å². The van der Waals surface area contributed by atoms with E-state index in [1.54, 1.807) is 13.8 Å². The number of carbonyl (C=O) groups excluding carboxylic acids is 2. The molecule has 1 unspecified atom stereocenters. The number of hydrogen-bond acceptors (Lipinski definition) is 3. The quantitative estimate of drug-likeness (QED) is 0.705. The van der Waals surface area contributed by atoms with Crippen LogP contribution in [0, 0.1) is 11.8 Å². The second-order valence-corrected chi connectivity index (χ2v) is 4.86. The fourth-order valence-corrected chi connectivity index (χ4v) is 2.25. The van der Waals surface area contributed by atoms with Crippen LogP contribution >= 0.6 is 0 Å². The molecule has 1 aliphatic heterocycles. The highest BCUT2D eigenvalue weighted by atomic mass is 16.5. The van der Waals surface area contributed by atoms with E-state index in [0.717, 1.165) is 25.9 Å². The Labute approximate surface area is 103 Å². The lowest BCUT2D eigenvalue weighted by atomic mass is 9.86. The van der Waals surface area contributed by atoms with Crippen LogP contribution in [0.5, 0.6) is 0 Å². The van der Waals surface area contributed by atoms with Crippen molar-refractivity contribution in [1.82, 2.24) is 4.90 Å². The van der Waals surface area contributed by atoms with E-state index >= 15 is 0 Å². The standard InChI is InChI=1S/C13H23NO3/c1-4-13(16)17-9-10(2)12-5-7-14(8-6-12)11(3)15/h10,12H,4-9H2,1-3H3. The van der Waals surface area contributed by atoms with Crippen LogP contribution in [0.1, 0.15) is 40.0 Å². The summed E-state index contributed by atoms with van der Waals surface area (Å²) in [7, 11) is 0. The largest absolute Gasteiger partial charge is 0.465 e. The van der Waals surface area contributed by atoms with Gasteiger partial charge in [0.25, 0.3) is 0 Å². The Morgan fingerprint density at radius 1 is 1.35 bits per heavy atom. The summed E-state index contributed by atoms with van der Waals surface area (Å²) in [5.41, 5.74) is 0. The summed E-state index contributed by atoms with van der Waals surface area (Å²) in [6, 6.07) is 0. The second kappa shape index (κ2) is 6.62. The first-order chi connectivity index (χ1) is 8.04. The van der Waals surface area contributed by atoms with Gasteiger partial charge in [-0.1, -0.05) is 13.8 Å². The predicted molar refractivity (Wildman–Crippen MR) is 65.4 cm³/mol. The lowest BCUT2D eigenvalue weighted by Crippen LogP contribution is -2.39. The van der Waals surface area contributed by atoms with Gasteiger partial charge in [0.15, 0.2) is 0 Å². The van der Waals surface area contributed by atoms with Crippen molar-refractivity contribution in [1.29, 1.82) is 0 Å². The fraction of sp³-hybridized carbons (Fsp3) is 0.846. The van der Waals surface area contributed by atoms with Gasteiger partial charge < -0.3 is 9.64 Å². The average Bonchev–Trinajstić information content (AvgIpc) is 2.35. The van der Waals surface area contributed by atoms with Gasteiger partial charge in [-0.25, -0.2) is 0 Å². The summed E-state index contributed by atoms with van der Waals surface area (Å²) >= 11 is 0. The van der Waals surface area contributed by atoms with E-state index in [0.29, 0.717) is 24.9 Å². The minimum absolute atomic E-state index is 0.127. The number of rotatable bonds is 4. The molecule has 1 atom stereocenters. The Morgan fingerprint density at radius 3 is 2.41 bits per heavy atom. The van der Waals surface area contributed by atoms with Gasteiger partial charge in [0.1, 0.15) is 0 Å². The minimum atomic E-state index is -0.127. The monoisotopic (exact) mass is 241 g/mol. The van der Waals surface area contributed by atoms with Gasteiger partial charge in [0.05, 0.1) is 6.61 Å². The molecule has 4 heteroatoms. The molecule has 1 fully saturated rings. The van der Waals surface area contributed by atoms with Gasteiger partial charge in [-0.3, -0.25) is 9.59 Å². The van der Waals surface area contributed by atoms with E-state index in [4.69, 9.17) is 4.74 Å². The molecular weight excluding hydrogens is 218 g/mol. The van der Waals surface area contributed by atoms with Crippen LogP contribution in [0.25, 0.3) is 0 Å². The van der Waals surface area contributed by atoms with E-state index < -0.39 is 0 Å².